The summed E-state index contributed by atoms with van der Waals surface area (Å²) in [6.07, 6.45) is 3.76. The number of halogens is 1. The van der Waals surface area contributed by atoms with Gasteiger partial charge in [-0.05, 0) is 43.9 Å². The molecule has 2 N–H and O–H groups in total. The quantitative estimate of drug-likeness (QED) is 0.339. The van der Waals surface area contributed by atoms with E-state index in [1.807, 2.05) is 4.68 Å². The molecule has 3 rings (SSSR count). The number of nitrogens with one attached hydrogen (secondary N) is 2. The van der Waals surface area contributed by atoms with E-state index in [-0.39, 0.29) is 24.0 Å². The molecule has 0 radical (unpaired) electrons. The van der Waals surface area contributed by atoms with E-state index in [1.165, 1.54) is 5.56 Å². The standard InChI is InChI=1S/C21H32N6O.HI/c1-5-19-25-20-10-9-17(14-27(20)26-19)24-21(22-6-2)23-12-11-16-8-7-15(3)18(13-16)28-4;/h7-8,13,17H,5-6,9-12,14H2,1-4H3,(H2,22,23,24);1H. The van der Waals surface area contributed by atoms with Crippen LogP contribution in [0.5, 0.6) is 5.75 Å². The van der Waals surface area contributed by atoms with Gasteiger partial charge in [0.2, 0.25) is 0 Å². The molecule has 0 fully saturated rings. The molecule has 1 aromatic heterocycles. The Morgan fingerprint density at radius 1 is 1.34 bits per heavy atom. The molecule has 0 saturated carbocycles. The summed E-state index contributed by atoms with van der Waals surface area (Å²) >= 11 is 0. The summed E-state index contributed by atoms with van der Waals surface area (Å²) in [5, 5.41) is 11.5. The summed E-state index contributed by atoms with van der Waals surface area (Å²) in [4.78, 5) is 9.36. The van der Waals surface area contributed by atoms with Gasteiger partial charge in [0.15, 0.2) is 11.8 Å². The van der Waals surface area contributed by atoms with Gasteiger partial charge >= 0.3 is 0 Å². The number of ether oxygens (including phenoxy) is 1. The average Bonchev–Trinajstić information content (AvgIpc) is 3.12. The van der Waals surface area contributed by atoms with Gasteiger partial charge in [-0.3, -0.25) is 4.99 Å². The molecule has 1 atom stereocenters. The lowest BCUT2D eigenvalue weighted by Gasteiger charge is -2.25. The zero-order chi connectivity index (χ0) is 19.9. The van der Waals surface area contributed by atoms with Crippen molar-refractivity contribution in [1.29, 1.82) is 0 Å². The summed E-state index contributed by atoms with van der Waals surface area (Å²) in [6.45, 7) is 8.64. The number of hydrogen-bond acceptors (Lipinski definition) is 4. The summed E-state index contributed by atoms with van der Waals surface area (Å²) in [7, 11) is 1.71. The minimum absolute atomic E-state index is 0. The Hall–Kier alpha value is -1.84. The first-order chi connectivity index (χ1) is 13.6. The molecular formula is C21H33IN6O. The van der Waals surface area contributed by atoms with Crippen LogP contribution in [0, 0.1) is 6.92 Å². The Balaban J connectivity index is 0.00000300. The van der Waals surface area contributed by atoms with Crippen LogP contribution < -0.4 is 15.4 Å². The Bertz CT molecular complexity index is 819. The minimum atomic E-state index is 0. The van der Waals surface area contributed by atoms with Crippen LogP contribution in [0.1, 0.15) is 43.0 Å². The van der Waals surface area contributed by atoms with E-state index in [0.29, 0.717) is 6.04 Å². The van der Waals surface area contributed by atoms with Crippen LogP contribution in [0.2, 0.25) is 0 Å². The monoisotopic (exact) mass is 512 g/mol. The topological polar surface area (TPSA) is 76.4 Å². The number of rotatable bonds is 7. The first-order valence-electron chi connectivity index (χ1n) is 10.2. The maximum Gasteiger partial charge on any atom is 0.191 e. The molecule has 160 valence electrons. The molecule has 0 spiro atoms. The van der Waals surface area contributed by atoms with Crippen molar-refractivity contribution in [2.75, 3.05) is 20.2 Å². The molecule has 29 heavy (non-hydrogen) atoms. The zero-order valence-electron chi connectivity index (χ0n) is 17.9. The number of fused-ring (bicyclic) bond motifs is 1. The van der Waals surface area contributed by atoms with Crippen molar-refractivity contribution in [2.24, 2.45) is 4.99 Å². The van der Waals surface area contributed by atoms with E-state index in [0.717, 1.165) is 74.2 Å². The van der Waals surface area contributed by atoms with Gasteiger partial charge in [-0.1, -0.05) is 19.1 Å². The molecule has 0 saturated heterocycles. The molecule has 8 heteroatoms. The number of methoxy groups -OCH3 is 1. The molecule has 1 aliphatic rings. The van der Waals surface area contributed by atoms with E-state index in [4.69, 9.17) is 9.73 Å². The maximum atomic E-state index is 5.42. The first-order valence-corrected chi connectivity index (χ1v) is 10.2. The molecule has 2 aromatic rings. The fourth-order valence-electron chi connectivity index (χ4n) is 3.46. The van der Waals surface area contributed by atoms with Crippen molar-refractivity contribution in [2.45, 2.75) is 59.0 Å². The van der Waals surface area contributed by atoms with Gasteiger partial charge in [-0.25, -0.2) is 9.67 Å². The Morgan fingerprint density at radius 3 is 2.90 bits per heavy atom. The summed E-state index contributed by atoms with van der Waals surface area (Å²) in [5.41, 5.74) is 2.39. The van der Waals surface area contributed by atoms with Crippen molar-refractivity contribution in [3.8, 4) is 5.75 Å². The predicted octanol–water partition coefficient (Wildman–Crippen LogP) is 2.89. The lowest BCUT2D eigenvalue weighted by Crippen LogP contribution is -2.47. The van der Waals surface area contributed by atoms with E-state index in [2.05, 4.69) is 59.7 Å². The normalized spacial score (nSPS) is 16.0. The highest BCUT2D eigenvalue weighted by Gasteiger charge is 2.22. The van der Waals surface area contributed by atoms with Crippen LogP contribution in [0.25, 0.3) is 0 Å². The molecular weight excluding hydrogens is 479 g/mol. The maximum absolute atomic E-state index is 5.42. The fraction of sp³-hybridized carbons (Fsp3) is 0.571. The Kier molecular flexibility index (Phi) is 9.19. The van der Waals surface area contributed by atoms with Crippen LogP contribution in [0.15, 0.2) is 23.2 Å². The van der Waals surface area contributed by atoms with Crippen molar-refractivity contribution in [1.82, 2.24) is 25.4 Å². The van der Waals surface area contributed by atoms with Crippen LogP contribution in [-0.2, 0) is 25.8 Å². The largest absolute Gasteiger partial charge is 0.496 e. The predicted molar refractivity (Wildman–Crippen MR) is 127 cm³/mol. The lowest BCUT2D eigenvalue weighted by molar-refractivity contribution is 0.392. The van der Waals surface area contributed by atoms with Gasteiger partial charge < -0.3 is 15.4 Å². The lowest BCUT2D eigenvalue weighted by atomic mass is 10.1. The molecule has 1 aromatic carbocycles. The van der Waals surface area contributed by atoms with Gasteiger partial charge in [-0.2, -0.15) is 5.10 Å². The van der Waals surface area contributed by atoms with Crippen molar-refractivity contribution in [3.05, 3.63) is 41.0 Å². The van der Waals surface area contributed by atoms with E-state index >= 15 is 0 Å². The van der Waals surface area contributed by atoms with E-state index in [1.54, 1.807) is 7.11 Å². The average molecular weight is 512 g/mol. The number of nitrogens with zero attached hydrogens (tertiary/aromatic N) is 4. The van der Waals surface area contributed by atoms with Gasteiger partial charge in [-0.15, -0.1) is 24.0 Å². The highest BCUT2D eigenvalue weighted by atomic mass is 127. The van der Waals surface area contributed by atoms with Gasteiger partial charge in [0.05, 0.1) is 13.7 Å². The number of guanidine groups is 1. The number of aromatic nitrogens is 3. The third kappa shape index (κ3) is 6.32. The van der Waals surface area contributed by atoms with E-state index < -0.39 is 0 Å². The second-order valence-corrected chi connectivity index (χ2v) is 7.17. The number of hydrogen-bond donors (Lipinski definition) is 2. The molecule has 1 unspecified atom stereocenters. The fourth-order valence-corrected chi connectivity index (χ4v) is 3.46. The van der Waals surface area contributed by atoms with Crippen LogP contribution in [0.3, 0.4) is 0 Å². The second kappa shape index (κ2) is 11.4. The second-order valence-electron chi connectivity index (χ2n) is 7.17. The van der Waals surface area contributed by atoms with Crippen LogP contribution in [0.4, 0.5) is 0 Å². The van der Waals surface area contributed by atoms with Crippen LogP contribution >= 0.6 is 24.0 Å². The minimum Gasteiger partial charge on any atom is -0.496 e. The molecule has 2 heterocycles. The van der Waals surface area contributed by atoms with Crippen molar-refractivity contribution < 1.29 is 4.74 Å². The van der Waals surface area contributed by atoms with Gasteiger partial charge in [0.1, 0.15) is 11.6 Å². The zero-order valence-corrected chi connectivity index (χ0v) is 20.2. The third-order valence-electron chi connectivity index (χ3n) is 5.05. The first kappa shape index (κ1) is 23.4. The molecule has 0 bridgehead atoms. The number of benzene rings is 1. The molecule has 1 aliphatic heterocycles. The smallest absolute Gasteiger partial charge is 0.191 e. The summed E-state index contributed by atoms with van der Waals surface area (Å²) in [5.74, 6) is 3.84. The number of aliphatic imine (C=N–C) groups is 1. The van der Waals surface area contributed by atoms with Crippen molar-refractivity contribution in [3.63, 3.8) is 0 Å². The molecule has 0 aliphatic carbocycles. The highest BCUT2D eigenvalue weighted by Crippen LogP contribution is 2.19. The number of aryl methyl sites for hydroxylation is 3. The Morgan fingerprint density at radius 2 is 2.17 bits per heavy atom. The van der Waals surface area contributed by atoms with Crippen LogP contribution in [-0.4, -0.2) is 47.0 Å². The van der Waals surface area contributed by atoms with Crippen molar-refractivity contribution >= 4 is 29.9 Å². The van der Waals surface area contributed by atoms with Gasteiger partial charge in [0.25, 0.3) is 0 Å². The summed E-state index contributed by atoms with van der Waals surface area (Å²) in [6, 6.07) is 6.66. The summed E-state index contributed by atoms with van der Waals surface area (Å²) < 4.78 is 7.46. The highest BCUT2D eigenvalue weighted by molar-refractivity contribution is 14.0. The van der Waals surface area contributed by atoms with E-state index in [9.17, 15) is 0 Å². The Labute approximate surface area is 190 Å². The third-order valence-corrected chi connectivity index (χ3v) is 5.05. The molecule has 0 amide bonds. The van der Waals surface area contributed by atoms with Gasteiger partial charge in [0, 0.05) is 32.0 Å². The SMILES string of the molecule is CCNC(=NCCc1ccc(C)c(OC)c1)NC1CCc2nc(CC)nn2C1.I. The molecule has 7 nitrogen and oxygen atoms in total.